The van der Waals surface area contributed by atoms with E-state index in [1.54, 1.807) is 24.3 Å². The molecule has 0 bridgehead atoms. The van der Waals surface area contributed by atoms with Crippen LogP contribution in [-0.4, -0.2) is 27.6 Å². The van der Waals surface area contributed by atoms with E-state index >= 15 is 0 Å². The second kappa shape index (κ2) is 9.43. The largest absolute Gasteiger partial charge is 0.496 e. The van der Waals surface area contributed by atoms with Crippen LogP contribution in [0, 0.1) is 0 Å². The van der Waals surface area contributed by atoms with Crippen molar-refractivity contribution in [1.82, 2.24) is 5.43 Å². The first kappa shape index (κ1) is 21.4. The minimum absolute atomic E-state index is 0.0244. The van der Waals surface area contributed by atoms with Gasteiger partial charge in [-0.1, -0.05) is 35.9 Å². The molecule has 0 aromatic heterocycles. The fourth-order valence-corrected chi connectivity index (χ4v) is 3.79. The zero-order valence-corrected chi connectivity index (χ0v) is 17.4. The van der Waals surface area contributed by atoms with Gasteiger partial charge in [-0.3, -0.25) is 9.52 Å². The number of carbonyl (C=O) groups is 1. The van der Waals surface area contributed by atoms with Gasteiger partial charge >= 0.3 is 0 Å². The molecule has 7 nitrogen and oxygen atoms in total. The van der Waals surface area contributed by atoms with Gasteiger partial charge in [0.25, 0.3) is 15.9 Å². The summed E-state index contributed by atoms with van der Waals surface area (Å²) < 4.78 is 32.9. The highest BCUT2D eigenvalue weighted by Gasteiger charge is 2.18. The number of ether oxygens (including phenoxy) is 1. The fraction of sp³-hybridized carbons (Fsp3) is 0.0476. The van der Waals surface area contributed by atoms with E-state index in [9.17, 15) is 13.2 Å². The molecule has 2 N–H and O–H groups in total. The van der Waals surface area contributed by atoms with Crippen LogP contribution in [0.2, 0.25) is 5.02 Å². The van der Waals surface area contributed by atoms with Crippen molar-refractivity contribution in [2.45, 2.75) is 4.90 Å². The van der Waals surface area contributed by atoms with Crippen LogP contribution in [0.3, 0.4) is 0 Å². The van der Waals surface area contributed by atoms with E-state index in [0.29, 0.717) is 16.3 Å². The average Bonchev–Trinajstić information content (AvgIpc) is 2.74. The summed E-state index contributed by atoms with van der Waals surface area (Å²) in [5, 5.41) is 4.35. The van der Waals surface area contributed by atoms with Gasteiger partial charge in [-0.05, 0) is 48.5 Å². The van der Waals surface area contributed by atoms with Gasteiger partial charge in [0.2, 0.25) is 0 Å². The van der Waals surface area contributed by atoms with Crippen LogP contribution >= 0.6 is 11.6 Å². The number of rotatable bonds is 7. The highest BCUT2D eigenvalue weighted by Crippen LogP contribution is 2.21. The van der Waals surface area contributed by atoms with E-state index < -0.39 is 15.9 Å². The Bertz CT molecular complexity index is 1180. The molecule has 0 spiro atoms. The number of para-hydroxylation sites is 2. The third-order valence-electron chi connectivity index (χ3n) is 4.05. The van der Waals surface area contributed by atoms with Crippen LogP contribution in [0.4, 0.5) is 5.69 Å². The highest BCUT2D eigenvalue weighted by atomic mass is 35.5. The molecule has 9 heteroatoms. The molecule has 3 aromatic carbocycles. The maximum atomic E-state index is 12.6. The normalized spacial score (nSPS) is 11.3. The summed E-state index contributed by atoms with van der Waals surface area (Å²) >= 11 is 5.81. The SMILES string of the molecule is COc1ccccc1C=NNC(=O)c1ccccc1NS(=O)(=O)c1ccc(Cl)cc1. The summed E-state index contributed by atoms with van der Waals surface area (Å²) in [7, 11) is -2.37. The average molecular weight is 444 g/mol. The van der Waals surface area contributed by atoms with E-state index in [1.807, 2.05) is 12.1 Å². The van der Waals surface area contributed by atoms with Gasteiger partial charge in [-0.2, -0.15) is 5.10 Å². The first-order chi connectivity index (χ1) is 14.4. The maximum Gasteiger partial charge on any atom is 0.273 e. The molecular formula is C21H18ClN3O4S. The van der Waals surface area contributed by atoms with E-state index in [1.165, 1.54) is 49.7 Å². The molecule has 0 saturated carbocycles. The first-order valence-corrected chi connectivity index (χ1v) is 10.6. The third kappa shape index (κ3) is 5.16. The molecule has 0 saturated heterocycles. The van der Waals surface area contributed by atoms with Gasteiger partial charge in [0, 0.05) is 10.6 Å². The third-order valence-corrected chi connectivity index (χ3v) is 5.68. The maximum absolute atomic E-state index is 12.6. The lowest BCUT2D eigenvalue weighted by molar-refractivity contribution is 0.0956. The summed E-state index contributed by atoms with van der Waals surface area (Å²) in [6.45, 7) is 0. The second-order valence-corrected chi connectivity index (χ2v) is 8.16. The number of nitrogens with zero attached hydrogens (tertiary/aromatic N) is 1. The van der Waals surface area contributed by atoms with Gasteiger partial charge in [-0.15, -0.1) is 0 Å². The van der Waals surface area contributed by atoms with Crippen LogP contribution in [0.25, 0.3) is 0 Å². The minimum atomic E-state index is -3.90. The van der Waals surface area contributed by atoms with Crippen molar-refractivity contribution in [3.05, 3.63) is 88.9 Å². The lowest BCUT2D eigenvalue weighted by atomic mass is 10.2. The number of halogens is 1. The molecule has 0 aliphatic carbocycles. The van der Waals surface area contributed by atoms with Crippen molar-refractivity contribution in [2.75, 3.05) is 11.8 Å². The highest BCUT2D eigenvalue weighted by molar-refractivity contribution is 7.92. The van der Waals surface area contributed by atoms with E-state index in [2.05, 4.69) is 15.2 Å². The monoisotopic (exact) mass is 443 g/mol. The Kier molecular flexibility index (Phi) is 6.71. The summed E-state index contributed by atoms with van der Waals surface area (Å²) in [5.74, 6) is 0.0298. The summed E-state index contributed by atoms with van der Waals surface area (Å²) in [6, 6.07) is 19.1. The minimum Gasteiger partial charge on any atom is -0.496 e. The molecule has 0 heterocycles. The van der Waals surface area contributed by atoms with Crippen LogP contribution < -0.4 is 14.9 Å². The van der Waals surface area contributed by atoms with Crippen molar-refractivity contribution in [2.24, 2.45) is 5.10 Å². The number of hydrogen-bond donors (Lipinski definition) is 2. The van der Waals surface area contributed by atoms with Crippen LogP contribution in [0.1, 0.15) is 15.9 Å². The van der Waals surface area contributed by atoms with Crippen molar-refractivity contribution < 1.29 is 17.9 Å². The quantitative estimate of drug-likeness (QED) is 0.427. The number of methoxy groups -OCH3 is 1. The molecule has 0 atom stereocenters. The summed E-state index contributed by atoms with van der Waals surface area (Å²) in [5.41, 5.74) is 3.31. The molecule has 0 unspecified atom stereocenters. The molecular weight excluding hydrogens is 426 g/mol. The number of hydrogen-bond acceptors (Lipinski definition) is 5. The number of sulfonamides is 1. The van der Waals surface area contributed by atoms with Gasteiger partial charge in [0.1, 0.15) is 5.75 Å². The van der Waals surface area contributed by atoms with Gasteiger partial charge in [0.15, 0.2) is 0 Å². The first-order valence-electron chi connectivity index (χ1n) is 8.74. The molecule has 0 radical (unpaired) electrons. The zero-order valence-electron chi connectivity index (χ0n) is 15.9. The Balaban J connectivity index is 1.78. The van der Waals surface area contributed by atoms with Crippen LogP contribution in [-0.2, 0) is 10.0 Å². The molecule has 3 rings (SSSR count). The lowest BCUT2D eigenvalue weighted by Gasteiger charge is -2.12. The van der Waals surface area contributed by atoms with Gasteiger partial charge in [0.05, 0.1) is 29.5 Å². The number of nitrogens with one attached hydrogen (secondary N) is 2. The summed E-state index contributed by atoms with van der Waals surface area (Å²) in [6.07, 6.45) is 1.44. The number of benzene rings is 3. The predicted molar refractivity (Wildman–Crippen MR) is 117 cm³/mol. The molecule has 1 amide bonds. The van der Waals surface area contributed by atoms with E-state index in [0.717, 1.165) is 0 Å². The van der Waals surface area contributed by atoms with E-state index in [-0.39, 0.29) is 16.1 Å². The fourth-order valence-electron chi connectivity index (χ4n) is 2.58. The Hall–Kier alpha value is -3.36. The van der Waals surface area contributed by atoms with Crippen molar-refractivity contribution in [1.29, 1.82) is 0 Å². The Labute approximate surface area is 179 Å². The second-order valence-electron chi connectivity index (χ2n) is 6.05. The smallest absolute Gasteiger partial charge is 0.273 e. The zero-order chi connectivity index (χ0) is 21.6. The Morgan fingerprint density at radius 2 is 1.67 bits per heavy atom. The molecule has 3 aromatic rings. The number of carbonyl (C=O) groups excluding carboxylic acids is 1. The van der Waals surface area contributed by atoms with Crippen LogP contribution in [0.5, 0.6) is 5.75 Å². The molecule has 30 heavy (non-hydrogen) atoms. The number of hydrazone groups is 1. The molecule has 154 valence electrons. The summed E-state index contributed by atoms with van der Waals surface area (Å²) in [4.78, 5) is 12.6. The predicted octanol–water partition coefficient (Wildman–Crippen LogP) is 3.91. The van der Waals surface area contributed by atoms with Gasteiger partial charge in [-0.25, -0.2) is 13.8 Å². The van der Waals surface area contributed by atoms with Crippen molar-refractivity contribution in [3.63, 3.8) is 0 Å². The number of anilines is 1. The number of amides is 1. The lowest BCUT2D eigenvalue weighted by Crippen LogP contribution is -2.21. The Morgan fingerprint density at radius 1 is 1.00 bits per heavy atom. The molecule has 0 fully saturated rings. The van der Waals surface area contributed by atoms with Crippen molar-refractivity contribution >= 4 is 39.4 Å². The Morgan fingerprint density at radius 3 is 2.40 bits per heavy atom. The van der Waals surface area contributed by atoms with Crippen LogP contribution in [0.15, 0.2) is 82.8 Å². The molecule has 0 aliphatic heterocycles. The van der Waals surface area contributed by atoms with Gasteiger partial charge < -0.3 is 4.74 Å². The molecule has 0 aliphatic rings. The standard InChI is InChI=1S/C21H18ClN3O4S/c1-29-20-9-5-2-6-15(20)14-23-24-21(26)18-7-3-4-8-19(18)25-30(27,28)17-12-10-16(22)11-13-17/h2-14,25H,1H3,(H,24,26). The van der Waals surface area contributed by atoms with Crippen molar-refractivity contribution in [3.8, 4) is 5.75 Å². The van der Waals surface area contributed by atoms with E-state index in [4.69, 9.17) is 16.3 Å². The topological polar surface area (TPSA) is 96.9 Å².